The summed E-state index contributed by atoms with van der Waals surface area (Å²) in [4.78, 5) is 15.0. The van der Waals surface area contributed by atoms with Crippen LogP contribution in [-0.4, -0.2) is 16.6 Å². The highest BCUT2D eigenvalue weighted by molar-refractivity contribution is 7.17. The predicted octanol–water partition coefficient (Wildman–Crippen LogP) is 1.15. The fourth-order valence-corrected chi connectivity index (χ4v) is 1.33. The van der Waals surface area contributed by atoms with Gasteiger partial charge in [0.25, 0.3) is 0 Å². The summed E-state index contributed by atoms with van der Waals surface area (Å²) in [7, 11) is 0. The Hall–Kier alpha value is -0.610. The second kappa shape index (κ2) is 2.98. The number of carbonyl (C=O) groups excluding carboxylic acids is 1. The molecule has 0 saturated carbocycles. The minimum atomic E-state index is -0.129. The van der Waals surface area contributed by atoms with E-state index in [4.69, 9.17) is 17.3 Å². The van der Waals surface area contributed by atoms with Crippen molar-refractivity contribution in [3.8, 4) is 0 Å². The third-order valence-corrected chi connectivity index (χ3v) is 2.03. The van der Waals surface area contributed by atoms with Crippen LogP contribution in [0.3, 0.4) is 0 Å². The van der Waals surface area contributed by atoms with Crippen molar-refractivity contribution in [2.45, 2.75) is 0 Å². The Morgan fingerprint density at radius 1 is 1.90 bits per heavy atom. The molecule has 5 heteroatoms. The molecule has 0 amide bonds. The summed E-state index contributed by atoms with van der Waals surface area (Å²) < 4.78 is 0. The number of rotatable bonds is 2. The topological polar surface area (TPSA) is 56.0 Å². The van der Waals surface area contributed by atoms with E-state index in [0.29, 0.717) is 10.0 Å². The number of ketones is 1. The molecule has 0 unspecified atom stereocenters. The van der Waals surface area contributed by atoms with E-state index >= 15 is 0 Å². The number of thiazole rings is 1. The standard InChI is InChI=1S/C5H5ClN2OS/c6-1-3(9)4-2-8-5(7)10-4/h2H,1H2,(H2,7,8). The van der Waals surface area contributed by atoms with Crippen LogP contribution < -0.4 is 5.73 Å². The number of anilines is 1. The number of halogens is 1. The van der Waals surface area contributed by atoms with Crippen molar-refractivity contribution in [1.82, 2.24) is 4.98 Å². The molecule has 1 rings (SSSR count). The van der Waals surface area contributed by atoms with Crippen LogP contribution in [0.25, 0.3) is 0 Å². The molecule has 0 radical (unpaired) electrons. The molecule has 54 valence electrons. The minimum absolute atomic E-state index is 0.0123. The molecular weight excluding hydrogens is 172 g/mol. The molecule has 2 N–H and O–H groups in total. The second-order valence-electron chi connectivity index (χ2n) is 1.62. The average molecular weight is 177 g/mol. The largest absolute Gasteiger partial charge is 0.375 e. The normalized spacial score (nSPS) is 9.70. The highest BCUT2D eigenvalue weighted by Crippen LogP contribution is 2.14. The maximum atomic E-state index is 10.8. The number of Topliss-reactive ketones (excluding diaryl/α,β-unsaturated/α-hetero) is 1. The highest BCUT2D eigenvalue weighted by Gasteiger charge is 2.06. The average Bonchev–Trinajstić information content (AvgIpc) is 2.34. The first-order valence-electron chi connectivity index (χ1n) is 2.54. The lowest BCUT2D eigenvalue weighted by molar-refractivity contribution is 0.102. The van der Waals surface area contributed by atoms with E-state index in [0.717, 1.165) is 11.3 Å². The van der Waals surface area contributed by atoms with Crippen molar-refractivity contribution >= 4 is 33.9 Å². The Kier molecular flexibility index (Phi) is 2.24. The number of nitrogens with two attached hydrogens (primary N) is 1. The lowest BCUT2D eigenvalue weighted by Crippen LogP contribution is -1.95. The van der Waals surface area contributed by atoms with Gasteiger partial charge in [0.2, 0.25) is 0 Å². The monoisotopic (exact) mass is 176 g/mol. The van der Waals surface area contributed by atoms with Gasteiger partial charge in [0.05, 0.1) is 17.0 Å². The molecule has 0 aromatic carbocycles. The summed E-state index contributed by atoms with van der Waals surface area (Å²) >= 11 is 6.44. The Balaban J connectivity index is 2.85. The third-order valence-electron chi connectivity index (χ3n) is 0.920. The molecule has 1 aromatic heterocycles. The van der Waals surface area contributed by atoms with Crippen LogP contribution in [0.15, 0.2) is 6.20 Å². The van der Waals surface area contributed by atoms with E-state index in [1.807, 2.05) is 0 Å². The summed E-state index contributed by atoms with van der Waals surface area (Å²) in [5, 5.41) is 0.397. The summed E-state index contributed by atoms with van der Waals surface area (Å²) in [6.07, 6.45) is 1.44. The number of nitrogens with zero attached hydrogens (tertiary/aromatic N) is 1. The number of nitrogen functional groups attached to an aromatic ring is 1. The predicted molar refractivity (Wildman–Crippen MR) is 41.6 cm³/mol. The number of hydrogen-bond acceptors (Lipinski definition) is 4. The van der Waals surface area contributed by atoms with Gasteiger partial charge >= 0.3 is 0 Å². The molecule has 3 nitrogen and oxygen atoms in total. The van der Waals surface area contributed by atoms with Crippen molar-refractivity contribution in [2.24, 2.45) is 0 Å². The number of hydrogen-bond donors (Lipinski definition) is 1. The molecule has 0 fully saturated rings. The van der Waals surface area contributed by atoms with E-state index in [1.165, 1.54) is 6.20 Å². The van der Waals surface area contributed by atoms with E-state index in [9.17, 15) is 4.79 Å². The molecule has 0 aliphatic heterocycles. The van der Waals surface area contributed by atoms with Crippen LogP contribution in [0.5, 0.6) is 0 Å². The fraction of sp³-hybridized carbons (Fsp3) is 0.200. The van der Waals surface area contributed by atoms with E-state index in [1.54, 1.807) is 0 Å². The maximum Gasteiger partial charge on any atom is 0.189 e. The Labute approximate surface area is 66.8 Å². The molecule has 1 aromatic rings. The third kappa shape index (κ3) is 1.46. The van der Waals surface area contributed by atoms with Gasteiger partial charge in [-0.2, -0.15) is 0 Å². The molecule has 0 spiro atoms. The van der Waals surface area contributed by atoms with Crippen molar-refractivity contribution in [3.05, 3.63) is 11.1 Å². The molecule has 0 saturated heterocycles. The van der Waals surface area contributed by atoms with E-state index in [2.05, 4.69) is 4.98 Å². The van der Waals surface area contributed by atoms with Crippen LogP contribution >= 0.6 is 22.9 Å². The molecule has 0 bridgehead atoms. The maximum absolute atomic E-state index is 10.8. The Morgan fingerprint density at radius 2 is 2.60 bits per heavy atom. The summed E-state index contributed by atoms with van der Waals surface area (Å²) in [6.45, 7) is 0. The smallest absolute Gasteiger partial charge is 0.189 e. The first kappa shape index (κ1) is 7.50. The first-order valence-corrected chi connectivity index (χ1v) is 3.89. The quantitative estimate of drug-likeness (QED) is 0.543. The molecule has 0 aliphatic carbocycles. The fourth-order valence-electron chi connectivity index (χ4n) is 0.482. The van der Waals surface area contributed by atoms with E-state index in [-0.39, 0.29) is 11.7 Å². The zero-order valence-electron chi connectivity index (χ0n) is 5.00. The summed E-state index contributed by atoms with van der Waals surface area (Å²) in [5.41, 5.74) is 5.28. The number of alkyl halides is 1. The summed E-state index contributed by atoms with van der Waals surface area (Å²) in [5.74, 6) is -0.141. The van der Waals surface area contributed by atoms with Crippen molar-refractivity contribution in [1.29, 1.82) is 0 Å². The highest BCUT2D eigenvalue weighted by atomic mass is 35.5. The van der Waals surface area contributed by atoms with Gasteiger partial charge in [-0.05, 0) is 0 Å². The van der Waals surface area contributed by atoms with Crippen LogP contribution in [-0.2, 0) is 0 Å². The molecule has 0 aliphatic rings. The van der Waals surface area contributed by atoms with Gasteiger partial charge in [-0.25, -0.2) is 4.98 Å². The van der Waals surface area contributed by atoms with Gasteiger partial charge in [-0.3, -0.25) is 4.79 Å². The van der Waals surface area contributed by atoms with Crippen molar-refractivity contribution in [3.63, 3.8) is 0 Å². The Bertz CT molecular complexity index is 248. The molecule has 1 heterocycles. The summed E-state index contributed by atoms with van der Waals surface area (Å²) in [6, 6.07) is 0. The zero-order chi connectivity index (χ0) is 7.56. The number of aromatic nitrogens is 1. The van der Waals surface area contributed by atoms with Gasteiger partial charge in [-0.1, -0.05) is 11.3 Å². The van der Waals surface area contributed by atoms with Crippen molar-refractivity contribution in [2.75, 3.05) is 11.6 Å². The lowest BCUT2D eigenvalue weighted by Gasteiger charge is -1.84. The SMILES string of the molecule is Nc1ncc(C(=O)CCl)s1. The lowest BCUT2D eigenvalue weighted by atomic mass is 10.4. The van der Waals surface area contributed by atoms with Crippen LogP contribution in [0.4, 0.5) is 5.13 Å². The van der Waals surface area contributed by atoms with Crippen LogP contribution in [0.2, 0.25) is 0 Å². The molecule has 0 atom stereocenters. The van der Waals surface area contributed by atoms with Gasteiger partial charge in [0.15, 0.2) is 10.9 Å². The molecule has 10 heavy (non-hydrogen) atoms. The molecular formula is C5H5ClN2OS. The van der Waals surface area contributed by atoms with Gasteiger partial charge in [0, 0.05) is 0 Å². The van der Waals surface area contributed by atoms with Crippen LogP contribution in [0.1, 0.15) is 9.67 Å². The minimum Gasteiger partial charge on any atom is -0.375 e. The van der Waals surface area contributed by atoms with Crippen molar-refractivity contribution < 1.29 is 4.79 Å². The van der Waals surface area contributed by atoms with Gasteiger partial charge in [-0.15, -0.1) is 11.6 Å². The van der Waals surface area contributed by atoms with Crippen LogP contribution in [0, 0.1) is 0 Å². The van der Waals surface area contributed by atoms with E-state index < -0.39 is 0 Å². The zero-order valence-corrected chi connectivity index (χ0v) is 6.58. The van der Waals surface area contributed by atoms with Gasteiger partial charge < -0.3 is 5.73 Å². The first-order chi connectivity index (χ1) is 4.74. The number of carbonyl (C=O) groups is 1. The second-order valence-corrected chi connectivity index (χ2v) is 2.95. The van der Waals surface area contributed by atoms with Gasteiger partial charge in [0.1, 0.15) is 0 Å². The Morgan fingerprint density at radius 3 is 3.00 bits per heavy atom.